The lowest BCUT2D eigenvalue weighted by molar-refractivity contribution is -0.157. The molecule has 1 aromatic rings. The molecule has 1 atom stereocenters. The second kappa shape index (κ2) is 8.28. The van der Waals surface area contributed by atoms with Crippen LogP contribution in [0.3, 0.4) is 0 Å². The Kier molecular flexibility index (Phi) is 6.07. The standard InChI is InChI=1S/C24H31F3N2O2S/c1-15(2)4-5-16-6-7-17-13-22(10-8-18(31-3)9-11-22)24(19(17)12-16)20(30)29(21(32)28-24)14-23(25,26)27/h6-7,12,15,18H,4-5,8-11,13-14H2,1-3H3,(H,28,32)/t18-,22-,24?. The minimum Gasteiger partial charge on any atom is -0.381 e. The number of nitrogens with zero attached hydrogens (tertiary/aromatic N) is 1. The fraction of sp³-hybridized carbons (Fsp3) is 0.667. The van der Waals surface area contributed by atoms with E-state index in [0.29, 0.717) is 25.2 Å². The van der Waals surface area contributed by atoms with Crippen LogP contribution in [0.1, 0.15) is 62.6 Å². The Morgan fingerprint density at radius 1 is 1.28 bits per heavy atom. The van der Waals surface area contributed by atoms with Gasteiger partial charge in [-0.3, -0.25) is 9.69 Å². The van der Waals surface area contributed by atoms with Crippen LogP contribution in [-0.4, -0.2) is 41.9 Å². The Balaban J connectivity index is 1.78. The Hall–Kier alpha value is -1.67. The highest BCUT2D eigenvalue weighted by atomic mass is 32.1. The monoisotopic (exact) mass is 468 g/mol. The van der Waals surface area contributed by atoms with Gasteiger partial charge in [0.05, 0.1) is 6.10 Å². The summed E-state index contributed by atoms with van der Waals surface area (Å²) in [4.78, 5) is 14.6. The number of amides is 1. The number of carbonyl (C=O) groups excluding carboxylic acids is 1. The van der Waals surface area contributed by atoms with Crippen molar-refractivity contribution in [3.63, 3.8) is 0 Å². The third-order valence-electron chi connectivity index (χ3n) is 7.58. The molecule has 176 valence electrons. The normalized spacial score (nSPS) is 30.0. The number of aryl methyl sites for hydroxylation is 1. The number of halogens is 3. The minimum absolute atomic E-state index is 0.109. The largest absolute Gasteiger partial charge is 0.406 e. The van der Waals surface area contributed by atoms with Crippen molar-refractivity contribution in [3.8, 4) is 0 Å². The van der Waals surface area contributed by atoms with Gasteiger partial charge in [0.2, 0.25) is 0 Å². The van der Waals surface area contributed by atoms with E-state index in [1.807, 2.05) is 6.07 Å². The van der Waals surface area contributed by atoms with Crippen LogP contribution in [0.2, 0.25) is 0 Å². The lowest BCUT2D eigenvalue weighted by Crippen LogP contribution is -2.57. The maximum absolute atomic E-state index is 13.8. The first-order chi connectivity index (χ1) is 15.0. The average molecular weight is 469 g/mol. The van der Waals surface area contributed by atoms with Gasteiger partial charge in [-0.2, -0.15) is 13.2 Å². The maximum atomic E-state index is 13.8. The highest BCUT2D eigenvalue weighted by Crippen LogP contribution is 2.60. The molecule has 1 aromatic carbocycles. The molecule has 32 heavy (non-hydrogen) atoms. The summed E-state index contributed by atoms with van der Waals surface area (Å²) in [5.74, 6) is -0.0237. The quantitative estimate of drug-likeness (QED) is 0.626. The topological polar surface area (TPSA) is 41.6 Å². The summed E-state index contributed by atoms with van der Waals surface area (Å²) < 4.78 is 45.4. The van der Waals surface area contributed by atoms with Gasteiger partial charge in [-0.1, -0.05) is 32.0 Å². The first-order valence-corrected chi connectivity index (χ1v) is 11.8. The van der Waals surface area contributed by atoms with E-state index >= 15 is 0 Å². The van der Waals surface area contributed by atoms with Crippen LogP contribution in [0.5, 0.6) is 0 Å². The fourth-order valence-corrected chi connectivity index (χ4v) is 6.19. The molecule has 2 fully saturated rings. The lowest BCUT2D eigenvalue weighted by atomic mass is 9.61. The Morgan fingerprint density at radius 3 is 2.56 bits per heavy atom. The number of thiocarbonyl (C=S) groups is 1. The summed E-state index contributed by atoms with van der Waals surface area (Å²) in [5, 5.41) is 3.04. The van der Waals surface area contributed by atoms with Crippen molar-refractivity contribution in [1.82, 2.24) is 10.2 Å². The smallest absolute Gasteiger partial charge is 0.381 e. The number of alkyl halides is 3. The van der Waals surface area contributed by atoms with Crippen molar-refractivity contribution in [1.29, 1.82) is 0 Å². The zero-order valence-corrected chi connectivity index (χ0v) is 19.7. The molecule has 1 amide bonds. The molecule has 0 bridgehead atoms. The number of nitrogens with one attached hydrogen (secondary N) is 1. The zero-order chi connectivity index (χ0) is 23.3. The van der Waals surface area contributed by atoms with Crippen molar-refractivity contribution in [3.05, 3.63) is 34.9 Å². The van der Waals surface area contributed by atoms with Crippen molar-refractivity contribution in [2.24, 2.45) is 11.3 Å². The molecule has 4 nitrogen and oxygen atoms in total. The van der Waals surface area contributed by atoms with E-state index in [0.717, 1.165) is 47.3 Å². The first-order valence-electron chi connectivity index (χ1n) is 11.4. The number of ether oxygens (including phenoxy) is 1. The summed E-state index contributed by atoms with van der Waals surface area (Å²) >= 11 is 5.31. The molecule has 1 unspecified atom stereocenters. The number of hydrogen-bond acceptors (Lipinski definition) is 3. The molecular formula is C24H31F3N2O2S. The predicted octanol–water partition coefficient (Wildman–Crippen LogP) is 4.88. The van der Waals surface area contributed by atoms with Crippen LogP contribution in [0.15, 0.2) is 18.2 Å². The molecule has 2 aliphatic carbocycles. The zero-order valence-electron chi connectivity index (χ0n) is 18.8. The van der Waals surface area contributed by atoms with Gasteiger partial charge in [0.1, 0.15) is 6.54 Å². The Labute approximate surface area is 192 Å². The molecule has 0 aromatic heterocycles. The van der Waals surface area contributed by atoms with E-state index < -0.39 is 29.6 Å². The molecule has 0 radical (unpaired) electrons. The summed E-state index contributed by atoms with van der Waals surface area (Å²) in [5.41, 5.74) is 1.20. The van der Waals surface area contributed by atoms with E-state index in [2.05, 4.69) is 31.3 Å². The highest BCUT2D eigenvalue weighted by Gasteiger charge is 2.67. The number of benzene rings is 1. The van der Waals surface area contributed by atoms with Crippen LogP contribution >= 0.6 is 12.2 Å². The third-order valence-corrected chi connectivity index (χ3v) is 7.90. The fourth-order valence-electron chi connectivity index (χ4n) is 5.89. The number of hydrogen-bond donors (Lipinski definition) is 1. The van der Waals surface area contributed by atoms with Crippen molar-refractivity contribution < 1.29 is 22.7 Å². The molecule has 1 saturated carbocycles. The van der Waals surface area contributed by atoms with Gasteiger partial charge in [-0.05, 0) is 79.8 Å². The van der Waals surface area contributed by atoms with Gasteiger partial charge in [-0.25, -0.2) is 0 Å². The number of methoxy groups -OCH3 is 1. The Morgan fingerprint density at radius 2 is 1.97 bits per heavy atom. The lowest BCUT2D eigenvalue weighted by Gasteiger charge is -2.46. The second-order valence-corrected chi connectivity index (χ2v) is 10.4. The highest BCUT2D eigenvalue weighted by molar-refractivity contribution is 7.80. The van der Waals surface area contributed by atoms with E-state index in [-0.39, 0.29) is 11.2 Å². The molecule has 3 aliphatic rings. The minimum atomic E-state index is -4.52. The van der Waals surface area contributed by atoms with Gasteiger partial charge < -0.3 is 10.1 Å². The molecule has 8 heteroatoms. The van der Waals surface area contributed by atoms with Crippen molar-refractivity contribution in [2.75, 3.05) is 13.7 Å². The van der Waals surface area contributed by atoms with E-state index in [1.54, 1.807) is 7.11 Å². The van der Waals surface area contributed by atoms with Crippen molar-refractivity contribution in [2.45, 2.75) is 76.6 Å². The number of carbonyl (C=O) groups is 1. The second-order valence-electron chi connectivity index (χ2n) is 10.0. The molecule has 2 spiro atoms. The number of fused-ring (bicyclic) bond motifs is 3. The van der Waals surface area contributed by atoms with Crippen LogP contribution in [-0.2, 0) is 27.9 Å². The van der Waals surface area contributed by atoms with Crippen LogP contribution in [0.25, 0.3) is 0 Å². The summed E-state index contributed by atoms with van der Waals surface area (Å²) in [7, 11) is 1.68. The van der Waals surface area contributed by atoms with Crippen LogP contribution in [0, 0.1) is 11.3 Å². The van der Waals surface area contributed by atoms with Crippen LogP contribution in [0.4, 0.5) is 13.2 Å². The van der Waals surface area contributed by atoms with E-state index in [4.69, 9.17) is 17.0 Å². The molecule has 1 heterocycles. The van der Waals surface area contributed by atoms with Gasteiger partial charge in [0.25, 0.3) is 5.91 Å². The predicted molar refractivity (Wildman–Crippen MR) is 120 cm³/mol. The maximum Gasteiger partial charge on any atom is 0.406 e. The van der Waals surface area contributed by atoms with E-state index in [9.17, 15) is 18.0 Å². The Bertz CT molecular complexity index is 909. The summed E-state index contributed by atoms with van der Waals surface area (Å²) in [6.07, 6.45) is 1.06. The van der Waals surface area contributed by atoms with Crippen molar-refractivity contribution >= 4 is 23.2 Å². The van der Waals surface area contributed by atoms with Gasteiger partial charge in [0.15, 0.2) is 10.7 Å². The van der Waals surface area contributed by atoms with Gasteiger partial charge in [0, 0.05) is 12.5 Å². The average Bonchev–Trinajstić information content (AvgIpc) is 3.13. The van der Waals surface area contributed by atoms with Crippen LogP contribution < -0.4 is 5.32 Å². The first kappa shape index (κ1) is 23.5. The molecule has 1 saturated heterocycles. The molecular weight excluding hydrogens is 437 g/mol. The SMILES string of the molecule is CO[C@H]1CC[C@]2(CC1)Cc1ccc(CCC(C)C)cc1C21NC(=S)N(CC(F)(F)F)C1=O. The summed E-state index contributed by atoms with van der Waals surface area (Å²) in [6.45, 7) is 2.96. The summed E-state index contributed by atoms with van der Waals surface area (Å²) in [6, 6.07) is 6.20. The van der Waals surface area contributed by atoms with E-state index in [1.165, 1.54) is 0 Å². The van der Waals surface area contributed by atoms with Gasteiger partial charge in [-0.15, -0.1) is 0 Å². The third kappa shape index (κ3) is 3.83. The molecule has 1 aliphatic heterocycles. The molecule has 4 rings (SSSR count). The van der Waals surface area contributed by atoms with Gasteiger partial charge >= 0.3 is 6.18 Å². The number of rotatable bonds is 5. The molecule has 1 N–H and O–H groups in total.